The van der Waals surface area contributed by atoms with E-state index >= 15 is 0 Å². The summed E-state index contributed by atoms with van der Waals surface area (Å²) in [6.07, 6.45) is -0.891. The normalized spacial score (nSPS) is 12.3. The van der Waals surface area contributed by atoms with Crippen LogP contribution in [0.5, 0.6) is 5.75 Å². The van der Waals surface area contributed by atoms with Gasteiger partial charge in [-0.15, -0.1) is 0 Å². The number of aryl methyl sites for hydroxylation is 1. The van der Waals surface area contributed by atoms with Gasteiger partial charge in [0.25, 0.3) is 5.91 Å². The Morgan fingerprint density at radius 1 is 1.10 bits per heavy atom. The van der Waals surface area contributed by atoms with Crippen molar-refractivity contribution in [2.24, 2.45) is 0 Å². The number of anilines is 1. The minimum atomic E-state index is -3.62. The molecule has 29 heavy (non-hydrogen) atoms. The molecule has 2 rings (SSSR count). The van der Waals surface area contributed by atoms with Gasteiger partial charge in [-0.25, -0.2) is 17.5 Å². The van der Waals surface area contributed by atoms with Crippen LogP contribution in [0, 0.1) is 6.92 Å². The standard InChI is InChI=1S/C20H24N2O6S/c1-14-7-5-9-17(11-14)28-15(2)20(24)27-13-19(23)21-16-8-6-10-18(12-16)29(25,26)22(3)4/h5-12,15H,13H2,1-4H3,(H,21,23)/t15-/m0/s1. The summed E-state index contributed by atoms with van der Waals surface area (Å²) >= 11 is 0. The van der Waals surface area contributed by atoms with Crippen LogP contribution in [0.15, 0.2) is 53.4 Å². The van der Waals surface area contributed by atoms with E-state index in [0.29, 0.717) is 5.75 Å². The molecule has 1 atom stereocenters. The third-order valence-corrected chi connectivity index (χ3v) is 5.69. The van der Waals surface area contributed by atoms with Crippen molar-refractivity contribution in [2.75, 3.05) is 26.0 Å². The topological polar surface area (TPSA) is 102 Å². The number of hydrogen-bond donors (Lipinski definition) is 1. The Balaban J connectivity index is 1.90. The predicted molar refractivity (Wildman–Crippen MR) is 108 cm³/mol. The number of esters is 1. The average Bonchev–Trinajstić information content (AvgIpc) is 2.66. The quantitative estimate of drug-likeness (QED) is 0.657. The van der Waals surface area contributed by atoms with Crippen LogP contribution in [0.1, 0.15) is 12.5 Å². The van der Waals surface area contributed by atoms with Crippen LogP contribution in [-0.4, -0.2) is 51.4 Å². The molecular weight excluding hydrogens is 396 g/mol. The maximum atomic E-state index is 12.2. The summed E-state index contributed by atoms with van der Waals surface area (Å²) in [5.74, 6) is -0.760. The summed E-state index contributed by atoms with van der Waals surface area (Å²) in [5.41, 5.74) is 1.26. The Labute approximate surface area is 170 Å². The fourth-order valence-electron chi connectivity index (χ4n) is 2.34. The zero-order valence-corrected chi connectivity index (χ0v) is 17.5. The molecule has 0 heterocycles. The molecule has 0 aliphatic carbocycles. The van der Waals surface area contributed by atoms with Gasteiger partial charge in [0.05, 0.1) is 4.90 Å². The third kappa shape index (κ3) is 6.30. The third-order valence-electron chi connectivity index (χ3n) is 3.88. The molecule has 0 aliphatic rings. The van der Waals surface area contributed by atoms with Crippen molar-refractivity contribution < 1.29 is 27.5 Å². The van der Waals surface area contributed by atoms with Crippen molar-refractivity contribution in [1.82, 2.24) is 4.31 Å². The fourth-order valence-corrected chi connectivity index (χ4v) is 3.29. The Kier molecular flexibility index (Phi) is 7.35. The van der Waals surface area contributed by atoms with Crippen LogP contribution in [0.3, 0.4) is 0 Å². The van der Waals surface area contributed by atoms with Gasteiger partial charge in [0, 0.05) is 19.8 Å². The molecule has 0 saturated heterocycles. The number of rotatable bonds is 8. The Morgan fingerprint density at radius 3 is 2.45 bits per heavy atom. The minimum Gasteiger partial charge on any atom is -0.479 e. The van der Waals surface area contributed by atoms with Crippen LogP contribution in [0.25, 0.3) is 0 Å². The largest absolute Gasteiger partial charge is 0.479 e. The lowest BCUT2D eigenvalue weighted by Crippen LogP contribution is -2.29. The molecule has 2 aromatic carbocycles. The van der Waals surface area contributed by atoms with Gasteiger partial charge in [-0.2, -0.15) is 0 Å². The number of ether oxygens (including phenoxy) is 2. The maximum absolute atomic E-state index is 12.2. The number of hydrogen-bond acceptors (Lipinski definition) is 6. The number of carbonyl (C=O) groups excluding carboxylic acids is 2. The first kappa shape index (κ1) is 22.4. The molecule has 156 valence electrons. The summed E-state index contributed by atoms with van der Waals surface area (Å²) in [6, 6.07) is 13.0. The van der Waals surface area contributed by atoms with E-state index in [-0.39, 0.29) is 10.6 Å². The molecule has 0 saturated carbocycles. The van der Waals surface area contributed by atoms with Crippen molar-refractivity contribution >= 4 is 27.6 Å². The van der Waals surface area contributed by atoms with Gasteiger partial charge in [-0.05, 0) is 49.7 Å². The van der Waals surface area contributed by atoms with E-state index in [1.165, 1.54) is 45.3 Å². The average molecular weight is 420 g/mol. The summed E-state index contributed by atoms with van der Waals surface area (Å²) in [5, 5.41) is 2.50. The van der Waals surface area contributed by atoms with Crippen molar-refractivity contribution in [3.8, 4) is 5.75 Å². The second-order valence-electron chi connectivity index (χ2n) is 6.55. The van der Waals surface area contributed by atoms with E-state index in [2.05, 4.69) is 5.32 Å². The van der Waals surface area contributed by atoms with E-state index in [4.69, 9.17) is 9.47 Å². The molecule has 0 aliphatic heterocycles. The summed E-state index contributed by atoms with van der Waals surface area (Å²) in [6.45, 7) is 2.90. The van der Waals surface area contributed by atoms with Gasteiger partial charge in [0.15, 0.2) is 12.7 Å². The fraction of sp³-hybridized carbons (Fsp3) is 0.300. The first-order chi connectivity index (χ1) is 13.6. The van der Waals surface area contributed by atoms with Crippen LogP contribution in [-0.2, 0) is 24.3 Å². The van der Waals surface area contributed by atoms with Gasteiger partial charge in [-0.1, -0.05) is 18.2 Å². The highest BCUT2D eigenvalue weighted by Crippen LogP contribution is 2.18. The maximum Gasteiger partial charge on any atom is 0.347 e. The highest BCUT2D eigenvalue weighted by atomic mass is 32.2. The first-order valence-corrected chi connectivity index (χ1v) is 10.3. The number of benzene rings is 2. The van der Waals surface area contributed by atoms with E-state index in [0.717, 1.165) is 9.87 Å². The van der Waals surface area contributed by atoms with E-state index < -0.39 is 34.6 Å². The van der Waals surface area contributed by atoms with Crippen LogP contribution >= 0.6 is 0 Å². The first-order valence-electron chi connectivity index (χ1n) is 8.82. The van der Waals surface area contributed by atoms with Crippen molar-refractivity contribution in [3.05, 3.63) is 54.1 Å². The number of nitrogens with one attached hydrogen (secondary N) is 1. The van der Waals surface area contributed by atoms with Crippen LogP contribution < -0.4 is 10.1 Å². The number of nitrogens with zero attached hydrogens (tertiary/aromatic N) is 1. The smallest absolute Gasteiger partial charge is 0.347 e. The molecule has 0 spiro atoms. The monoisotopic (exact) mass is 420 g/mol. The van der Waals surface area contributed by atoms with Gasteiger partial charge in [-0.3, -0.25) is 4.79 Å². The van der Waals surface area contributed by atoms with Crippen molar-refractivity contribution in [3.63, 3.8) is 0 Å². The predicted octanol–water partition coefficient (Wildman–Crippen LogP) is 2.19. The molecule has 1 amide bonds. The summed E-state index contributed by atoms with van der Waals surface area (Å²) in [7, 11) is -0.791. The SMILES string of the molecule is Cc1cccc(O[C@@H](C)C(=O)OCC(=O)Nc2cccc(S(=O)(=O)N(C)C)c2)c1. The van der Waals surface area contributed by atoms with E-state index in [1.807, 2.05) is 13.0 Å². The molecule has 0 aromatic heterocycles. The Morgan fingerprint density at radius 2 is 1.79 bits per heavy atom. The molecule has 0 fully saturated rings. The molecule has 2 aromatic rings. The molecule has 9 heteroatoms. The van der Waals surface area contributed by atoms with E-state index in [1.54, 1.807) is 18.2 Å². The zero-order valence-electron chi connectivity index (χ0n) is 16.7. The van der Waals surface area contributed by atoms with Crippen LogP contribution in [0.4, 0.5) is 5.69 Å². The molecule has 8 nitrogen and oxygen atoms in total. The number of amides is 1. The summed E-state index contributed by atoms with van der Waals surface area (Å²) in [4.78, 5) is 24.1. The lowest BCUT2D eigenvalue weighted by Gasteiger charge is -2.15. The van der Waals surface area contributed by atoms with Crippen molar-refractivity contribution in [1.29, 1.82) is 0 Å². The lowest BCUT2D eigenvalue weighted by molar-refractivity contribution is -0.153. The minimum absolute atomic E-state index is 0.0393. The van der Waals surface area contributed by atoms with Gasteiger partial charge >= 0.3 is 5.97 Å². The highest BCUT2D eigenvalue weighted by Gasteiger charge is 2.19. The number of sulfonamides is 1. The van der Waals surface area contributed by atoms with Gasteiger partial charge < -0.3 is 14.8 Å². The highest BCUT2D eigenvalue weighted by molar-refractivity contribution is 7.89. The molecular formula is C20H24N2O6S. The van der Waals surface area contributed by atoms with E-state index in [9.17, 15) is 18.0 Å². The van der Waals surface area contributed by atoms with Crippen molar-refractivity contribution in [2.45, 2.75) is 24.8 Å². The number of carbonyl (C=O) groups is 2. The summed E-state index contributed by atoms with van der Waals surface area (Å²) < 4.78 is 35.9. The lowest BCUT2D eigenvalue weighted by atomic mass is 10.2. The molecule has 0 unspecified atom stereocenters. The van der Waals surface area contributed by atoms with Gasteiger partial charge in [0.1, 0.15) is 5.75 Å². The molecule has 0 radical (unpaired) electrons. The molecule has 1 N–H and O–H groups in total. The second-order valence-corrected chi connectivity index (χ2v) is 8.70. The second kappa shape index (κ2) is 9.53. The Hall–Kier alpha value is -2.91. The zero-order chi connectivity index (χ0) is 21.6. The molecule has 0 bridgehead atoms. The van der Waals surface area contributed by atoms with Gasteiger partial charge in [0.2, 0.25) is 10.0 Å². The van der Waals surface area contributed by atoms with Crippen LogP contribution in [0.2, 0.25) is 0 Å². The Bertz CT molecular complexity index is 988.